The van der Waals surface area contributed by atoms with Gasteiger partial charge in [-0.25, -0.2) is 4.79 Å². The highest BCUT2D eigenvalue weighted by atomic mass is 16.5. The van der Waals surface area contributed by atoms with E-state index in [4.69, 9.17) is 4.74 Å². The van der Waals surface area contributed by atoms with E-state index in [9.17, 15) is 14.9 Å². The van der Waals surface area contributed by atoms with Crippen LogP contribution in [0.2, 0.25) is 0 Å². The number of aryl methyl sites for hydroxylation is 3. The molecule has 0 saturated carbocycles. The molecule has 1 rings (SSSR count). The minimum atomic E-state index is -1.30. The van der Waals surface area contributed by atoms with Gasteiger partial charge in [-0.1, -0.05) is 17.7 Å². The molecule has 0 heterocycles. The van der Waals surface area contributed by atoms with Gasteiger partial charge in [0.25, 0.3) is 0 Å². The number of hydrogen-bond donors (Lipinski definition) is 0. The molecule has 0 aliphatic rings. The molecule has 4 heteroatoms. The van der Waals surface area contributed by atoms with Crippen molar-refractivity contribution >= 4 is 12.3 Å². The fourth-order valence-corrected chi connectivity index (χ4v) is 2.08. The van der Waals surface area contributed by atoms with Gasteiger partial charge in [0.05, 0.1) is 6.07 Å². The molecular weight excluding hydrogens is 254 g/mol. The lowest BCUT2D eigenvalue weighted by molar-refractivity contribution is -0.142. The lowest BCUT2D eigenvalue weighted by Crippen LogP contribution is -2.31. The number of esters is 1. The third-order valence-electron chi connectivity index (χ3n) is 3.26. The maximum Gasteiger partial charge on any atom is 0.331 e. The molecule has 1 atom stereocenters. The van der Waals surface area contributed by atoms with Gasteiger partial charge in [0, 0.05) is 6.42 Å². The van der Waals surface area contributed by atoms with Crippen LogP contribution < -0.4 is 4.74 Å². The molecule has 0 fully saturated rings. The predicted molar refractivity (Wildman–Crippen MR) is 75.3 cm³/mol. The Morgan fingerprint density at radius 2 is 1.90 bits per heavy atom. The van der Waals surface area contributed by atoms with E-state index in [1.54, 1.807) is 0 Å². The molecule has 0 unspecified atom stereocenters. The Kier molecular flexibility index (Phi) is 5.04. The van der Waals surface area contributed by atoms with Gasteiger partial charge in [0.1, 0.15) is 12.0 Å². The average molecular weight is 273 g/mol. The number of nitriles is 1. The van der Waals surface area contributed by atoms with Crippen LogP contribution in [0.1, 0.15) is 36.5 Å². The maximum absolute atomic E-state index is 12.2. The number of ether oxygens (including phenoxy) is 1. The van der Waals surface area contributed by atoms with Crippen molar-refractivity contribution in [3.8, 4) is 11.8 Å². The van der Waals surface area contributed by atoms with Gasteiger partial charge >= 0.3 is 5.97 Å². The van der Waals surface area contributed by atoms with Gasteiger partial charge in [0.15, 0.2) is 5.41 Å². The molecule has 106 valence electrons. The van der Waals surface area contributed by atoms with E-state index in [2.05, 4.69) is 0 Å². The Hall–Kier alpha value is -2.15. The van der Waals surface area contributed by atoms with Crippen LogP contribution >= 0.6 is 0 Å². The molecule has 0 aliphatic heterocycles. The zero-order valence-corrected chi connectivity index (χ0v) is 12.3. The monoisotopic (exact) mass is 273 g/mol. The summed E-state index contributed by atoms with van der Waals surface area (Å²) in [6.45, 7) is 7.18. The molecule has 1 aromatic rings. The quantitative estimate of drug-likeness (QED) is 0.470. The second-order valence-electron chi connectivity index (χ2n) is 5.27. The van der Waals surface area contributed by atoms with Crippen LogP contribution in [0.5, 0.6) is 5.75 Å². The molecular formula is C16H19NO3. The number of aldehydes is 1. The summed E-state index contributed by atoms with van der Waals surface area (Å²) in [5.74, 6) is -0.120. The Morgan fingerprint density at radius 1 is 1.35 bits per heavy atom. The first kappa shape index (κ1) is 15.9. The Morgan fingerprint density at radius 3 is 2.35 bits per heavy atom. The predicted octanol–water partition coefficient (Wildman–Crippen LogP) is 3.03. The maximum atomic E-state index is 12.2. The molecule has 0 bridgehead atoms. The van der Waals surface area contributed by atoms with Crippen molar-refractivity contribution in [1.82, 2.24) is 0 Å². The van der Waals surface area contributed by atoms with Crippen LogP contribution in [0.3, 0.4) is 0 Å². The SMILES string of the molecule is Cc1cc(C)c(OC(=O)[C@@](C)(C#N)CCC=O)c(C)c1. The number of rotatable bonds is 5. The molecule has 0 N–H and O–H groups in total. The topological polar surface area (TPSA) is 67.2 Å². The number of carbonyl (C=O) groups excluding carboxylic acids is 2. The van der Waals surface area contributed by atoms with Crippen LogP contribution in [0.4, 0.5) is 0 Å². The van der Waals surface area contributed by atoms with Crippen molar-refractivity contribution in [2.24, 2.45) is 5.41 Å². The van der Waals surface area contributed by atoms with Gasteiger partial charge in [-0.05, 0) is 45.2 Å². The second kappa shape index (κ2) is 6.33. The van der Waals surface area contributed by atoms with Crippen molar-refractivity contribution in [2.45, 2.75) is 40.5 Å². The van der Waals surface area contributed by atoms with E-state index >= 15 is 0 Å². The number of benzene rings is 1. The van der Waals surface area contributed by atoms with Crippen LogP contribution in [0.25, 0.3) is 0 Å². The molecule has 0 aromatic heterocycles. The molecule has 0 aliphatic carbocycles. The largest absolute Gasteiger partial charge is 0.425 e. The average Bonchev–Trinajstić information content (AvgIpc) is 2.39. The fourth-order valence-electron chi connectivity index (χ4n) is 2.08. The van der Waals surface area contributed by atoms with Gasteiger partial charge in [-0.3, -0.25) is 0 Å². The Bertz CT molecular complexity index is 549. The third-order valence-corrected chi connectivity index (χ3v) is 3.26. The second-order valence-corrected chi connectivity index (χ2v) is 5.27. The van der Waals surface area contributed by atoms with Crippen LogP contribution in [0, 0.1) is 37.5 Å². The minimum absolute atomic E-state index is 0.158. The van der Waals surface area contributed by atoms with E-state index < -0.39 is 11.4 Å². The van der Waals surface area contributed by atoms with Crippen LogP contribution in [-0.2, 0) is 9.59 Å². The summed E-state index contributed by atoms with van der Waals surface area (Å²) in [4.78, 5) is 22.6. The standard InChI is InChI=1S/C16H19NO3/c1-11-8-12(2)14(13(3)9-11)20-15(19)16(4,10-17)6-5-7-18/h7-9H,5-6H2,1-4H3/t16-/m1/s1. The highest BCUT2D eigenvalue weighted by molar-refractivity contribution is 5.82. The molecule has 20 heavy (non-hydrogen) atoms. The first-order valence-corrected chi connectivity index (χ1v) is 6.49. The van der Waals surface area contributed by atoms with Crippen molar-refractivity contribution in [2.75, 3.05) is 0 Å². The van der Waals surface area contributed by atoms with E-state index in [0.717, 1.165) is 16.7 Å². The fraction of sp³-hybridized carbons (Fsp3) is 0.438. The van der Waals surface area contributed by atoms with E-state index in [1.165, 1.54) is 6.92 Å². The Labute approximate surface area is 119 Å². The highest BCUT2D eigenvalue weighted by Crippen LogP contribution is 2.29. The number of hydrogen-bond acceptors (Lipinski definition) is 4. The summed E-state index contributed by atoms with van der Waals surface area (Å²) in [6, 6.07) is 5.79. The normalized spacial score (nSPS) is 13.2. The van der Waals surface area contributed by atoms with E-state index in [0.29, 0.717) is 12.0 Å². The number of nitrogens with zero attached hydrogens (tertiary/aromatic N) is 1. The first-order valence-electron chi connectivity index (χ1n) is 6.49. The molecule has 0 spiro atoms. The van der Waals surface area contributed by atoms with Gasteiger partial charge in [-0.2, -0.15) is 5.26 Å². The summed E-state index contributed by atoms with van der Waals surface area (Å²) in [5.41, 5.74) is 1.49. The first-order chi connectivity index (χ1) is 9.34. The van der Waals surface area contributed by atoms with Crippen LogP contribution in [0.15, 0.2) is 12.1 Å². The van der Waals surface area contributed by atoms with Gasteiger partial charge in [0.2, 0.25) is 0 Å². The Balaban J connectivity index is 3.01. The lowest BCUT2D eigenvalue weighted by Gasteiger charge is -2.20. The minimum Gasteiger partial charge on any atom is -0.425 e. The van der Waals surface area contributed by atoms with Crippen molar-refractivity contribution in [3.63, 3.8) is 0 Å². The van der Waals surface area contributed by atoms with Crippen molar-refractivity contribution < 1.29 is 14.3 Å². The van der Waals surface area contributed by atoms with Gasteiger partial charge < -0.3 is 9.53 Å². The van der Waals surface area contributed by atoms with E-state index in [1.807, 2.05) is 39.0 Å². The van der Waals surface area contributed by atoms with Gasteiger partial charge in [-0.15, -0.1) is 0 Å². The van der Waals surface area contributed by atoms with Crippen molar-refractivity contribution in [1.29, 1.82) is 5.26 Å². The summed E-state index contributed by atoms with van der Waals surface area (Å²) >= 11 is 0. The third kappa shape index (κ3) is 3.45. The summed E-state index contributed by atoms with van der Waals surface area (Å²) in [6.07, 6.45) is 1.02. The van der Waals surface area contributed by atoms with E-state index in [-0.39, 0.29) is 12.8 Å². The zero-order chi connectivity index (χ0) is 15.3. The number of carbonyl (C=O) groups is 2. The lowest BCUT2D eigenvalue weighted by atomic mass is 9.87. The van der Waals surface area contributed by atoms with Crippen LogP contribution in [-0.4, -0.2) is 12.3 Å². The highest BCUT2D eigenvalue weighted by Gasteiger charge is 2.35. The molecule has 0 saturated heterocycles. The summed E-state index contributed by atoms with van der Waals surface area (Å²) in [5, 5.41) is 9.18. The molecule has 0 radical (unpaired) electrons. The smallest absolute Gasteiger partial charge is 0.331 e. The zero-order valence-electron chi connectivity index (χ0n) is 12.3. The molecule has 4 nitrogen and oxygen atoms in total. The summed E-state index contributed by atoms with van der Waals surface area (Å²) < 4.78 is 5.41. The molecule has 1 aromatic carbocycles. The van der Waals surface area contributed by atoms with Crippen molar-refractivity contribution in [3.05, 3.63) is 28.8 Å². The summed E-state index contributed by atoms with van der Waals surface area (Å²) in [7, 11) is 0. The molecule has 0 amide bonds.